The highest BCUT2D eigenvalue weighted by Gasteiger charge is 2.50. The number of carbonyl (C=O) groups excluding carboxylic acids is 2. The van der Waals surface area contributed by atoms with E-state index in [1.54, 1.807) is 19.9 Å². The summed E-state index contributed by atoms with van der Waals surface area (Å²) < 4.78 is 40.3. The van der Waals surface area contributed by atoms with Crippen molar-refractivity contribution in [3.05, 3.63) is 53.1 Å². The minimum atomic E-state index is -4.79. The Hall–Kier alpha value is -3.39. The predicted molar refractivity (Wildman–Crippen MR) is 129 cm³/mol. The van der Waals surface area contributed by atoms with Gasteiger partial charge in [0.25, 0.3) is 5.91 Å². The molecule has 1 saturated heterocycles. The van der Waals surface area contributed by atoms with Crippen molar-refractivity contribution in [2.45, 2.75) is 39.4 Å². The maximum Gasteiger partial charge on any atom is 0.417 e. The molecule has 1 fully saturated rings. The highest BCUT2D eigenvalue weighted by molar-refractivity contribution is 7.81. The molecule has 11 heteroatoms. The lowest BCUT2D eigenvalue weighted by Gasteiger charge is -2.30. The van der Waals surface area contributed by atoms with E-state index >= 15 is 0 Å². The first-order chi connectivity index (χ1) is 15.8. The minimum Gasteiger partial charge on any atom is -0.355 e. The molecule has 0 saturated carbocycles. The van der Waals surface area contributed by atoms with Gasteiger partial charge < -0.3 is 10.2 Å². The summed E-state index contributed by atoms with van der Waals surface area (Å²) in [7, 11) is 7.45. The molecule has 1 aliphatic rings. The third kappa shape index (κ3) is 4.63. The molecular weight excluding hydrogens is 464 g/mol. The Kier molecular flexibility index (Phi) is 7.78. The maximum absolute atomic E-state index is 13.4. The lowest BCUT2D eigenvalue weighted by atomic mass is 9.89. The van der Waals surface area contributed by atoms with Gasteiger partial charge in [0.2, 0.25) is 5.91 Å². The molecular formula is C23H22BF3N4O2S. The number of hydrogen-bond acceptors (Lipinski definition) is 4. The molecule has 2 amide bonds. The molecule has 1 heterocycles. The number of halogens is 3. The highest BCUT2D eigenvalue weighted by atomic mass is 32.1. The fourth-order valence-electron chi connectivity index (χ4n) is 3.49. The summed E-state index contributed by atoms with van der Waals surface area (Å²) in [5.41, 5.74) is -2.34. The molecule has 2 aromatic carbocycles. The van der Waals surface area contributed by atoms with Crippen molar-refractivity contribution in [3.8, 4) is 6.07 Å². The van der Waals surface area contributed by atoms with Gasteiger partial charge in [-0.15, -0.1) is 0 Å². The van der Waals surface area contributed by atoms with Gasteiger partial charge in [-0.05, 0) is 62.5 Å². The molecule has 0 aromatic heterocycles. The second-order valence-electron chi connectivity index (χ2n) is 7.51. The van der Waals surface area contributed by atoms with E-state index in [0.29, 0.717) is 5.69 Å². The lowest BCUT2D eigenvalue weighted by Crippen LogP contribution is -2.44. The zero-order valence-electron chi connectivity index (χ0n) is 19.2. The number of amides is 2. The van der Waals surface area contributed by atoms with Crippen LogP contribution in [-0.4, -0.2) is 37.4 Å². The van der Waals surface area contributed by atoms with Crippen LogP contribution >= 0.6 is 12.2 Å². The normalized spacial score (nSPS) is 14.9. The Morgan fingerprint density at radius 2 is 1.74 bits per heavy atom. The number of anilines is 2. The molecule has 2 aromatic rings. The van der Waals surface area contributed by atoms with E-state index in [0.717, 1.165) is 17.0 Å². The van der Waals surface area contributed by atoms with E-state index in [9.17, 15) is 22.8 Å². The Morgan fingerprint density at radius 1 is 1.15 bits per heavy atom. The first-order valence-corrected chi connectivity index (χ1v) is 10.7. The molecule has 1 aliphatic heterocycles. The molecule has 0 unspecified atom stereocenters. The van der Waals surface area contributed by atoms with Crippen LogP contribution in [0.5, 0.6) is 0 Å². The van der Waals surface area contributed by atoms with Gasteiger partial charge in [0.05, 0.1) is 22.9 Å². The second-order valence-corrected chi connectivity index (χ2v) is 7.87. The number of nitrogens with zero attached hydrogens (tertiary/aromatic N) is 3. The molecule has 3 rings (SSSR count). The van der Waals surface area contributed by atoms with Crippen LogP contribution in [-0.2, 0) is 11.0 Å². The largest absolute Gasteiger partial charge is 0.417 e. The van der Waals surface area contributed by atoms with Crippen molar-refractivity contribution in [1.29, 1.82) is 5.26 Å². The summed E-state index contributed by atoms with van der Waals surface area (Å²) in [6.07, 6.45) is -4.79. The molecule has 34 heavy (non-hydrogen) atoms. The van der Waals surface area contributed by atoms with E-state index in [2.05, 4.69) is 5.32 Å². The molecule has 0 bridgehead atoms. The number of alkyl halides is 3. The van der Waals surface area contributed by atoms with Crippen LogP contribution in [0.2, 0.25) is 0 Å². The zero-order valence-corrected chi connectivity index (χ0v) is 20.1. The topological polar surface area (TPSA) is 76.4 Å². The van der Waals surface area contributed by atoms with Crippen molar-refractivity contribution in [2.75, 3.05) is 16.8 Å². The van der Waals surface area contributed by atoms with Gasteiger partial charge >= 0.3 is 6.18 Å². The molecule has 2 radical (unpaired) electrons. The van der Waals surface area contributed by atoms with Crippen LogP contribution in [0.1, 0.15) is 49.2 Å². The number of rotatable bonds is 3. The highest BCUT2D eigenvalue weighted by Crippen LogP contribution is 2.39. The number of nitriles is 1. The van der Waals surface area contributed by atoms with Gasteiger partial charge in [0, 0.05) is 18.3 Å². The Bertz CT molecular complexity index is 1190. The Balaban J connectivity index is 0.00000199. The van der Waals surface area contributed by atoms with Crippen molar-refractivity contribution in [2.24, 2.45) is 0 Å². The van der Waals surface area contributed by atoms with Gasteiger partial charge in [-0.25, -0.2) is 0 Å². The SMILES string of the molecule is CC.[B]c1cc(N2C(=S)N(c3ccc(C#N)c(C(F)(F)F)c3)C(=O)C2(C)C)ccc1C(=O)NC. The van der Waals surface area contributed by atoms with Crippen LogP contribution in [0.25, 0.3) is 0 Å². The number of carbonyl (C=O) groups is 2. The standard InChI is InChI=1S/C21H16BF3N4O2S.C2H6/c1-20(2)18(31)28(12-5-4-11(10-26)15(8-12)21(23,24)25)19(32)29(20)13-6-7-14(16(22)9-13)17(30)27-3;1-2/h4-9H,1-3H3,(H,27,30);1-2H3. The van der Waals surface area contributed by atoms with E-state index in [1.807, 2.05) is 13.8 Å². The fraction of sp³-hybridized carbons (Fsp3) is 0.304. The van der Waals surface area contributed by atoms with Crippen molar-refractivity contribution in [3.63, 3.8) is 0 Å². The second kappa shape index (κ2) is 9.85. The first kappa shape index (κ1) is 26.9. The summed E-state index contributed by atoms with van der Waals surface area (Å²) in [5.74, 6) is -0.957. The van der Waals surface area contributed by atoms with E-state index in [1.165, 1.54) is 36.2 Å². The Morgan fingerprint density at radius 3 is 2.24 bits per heavy atom. The minimum absolute atomic E-state index is 0.0649. The zero-order chi connectivity index (χ0) is 26.0. The van der Waals surface area contributed by atoms with E-state index in [4.69, 9.17) is 25.3 Å². The monoisotopic (exact) mass is 486 g/mol. The van der Waals surface area contributed by atoms with E-state index in [-0.39, 0.29) is 21.8 Å². The van der Waals surface area contributed by atoms with Crippen molar-refractivity contribution >= 4 is 53.8 Å². The molecule has 0 spiro atoms. The van der Waals surface area contributed by atoms with Gasteiger partial charge in [-0.1, -0.05) is 19.3 Å². The first-order valence-electron chi connectivity index (χ1n) is 10.3. The van der Waals surface area contributed by atoms with Gasteiger partial charge in [0.15, 0.2) is 5.11 Å². The number of hydrogen-bond donors (Lipinski definition) is 1. The van der Waals surface area contributed by atoms with Gasteiger partial charge in [-0.2, -0.15) is 18.4 Å². The average molecular weight is 486 g/mol. The molecule has 6 nitrogen and oxygen atoms in total. The van der Waals surface area contributed by atoms with Crippen LogP contribution in [0.4, 0.5) is 24.5 Å². The number of nitrogens with one attached hydrogen (secondary N) is 1. The van der Waals surface area contributed by atoms with Crippen LogP contribution in [0.3, 0.4) is 0 Å². The van der Waals surface area contributed by atoms with E-state index < -0.39 is 34.7 Å². The summed E-state index contributed by atoms with van der Waals surface area (Å²) >= 11 is 5.47. The van der Waals surface area contributed by atoms with Crippen molar-refractivity contribution in [1.82, 2.24) is 5.32 Å². The summed E-state index contributed by atoms with van der Waals surface area (Å²) in [6.45, 7) is 7.14. The molecule has 1 N–H and O–H groups in total. The fourth-order valence-corrected chi connectivity index (χ4v) is 4.01. The molecule has 176 valence electrons. The summed E-state index contributed by atoms with van der Waals surface area (Å²) in [6, 6.07) is 8.96. The number of thiocarbonyl (C=S) groups is 1. The summed E-state index contributed by atoms with van der Waals surface area (Å²) in [4.78, 5) is 27.6. The smallest absolute Gasteiger partial charge is 0.355 e. The predicted octanol–water partition coefficient (Wildman–Crippen LogP) is 3.67. The molecule has 0 atom stereocenters. The van der Waals surface area contributed by atoms with Crippen LogP contribution in [0.15, 0.2) is 36.4 Å². The van der Waals surface area contributed by atoms with Crippen LogP contribution < -0.4 is 20.6 Å². The molecule has 0 aliphatic carbocycles. The lowest BCUT2D eigenvalue weighted by molar-refractivity contribution is -0.137. The number of benzene rings is 2. The maximum atomic E-state index is 13.4. The quantitative estimate of drug-likeness (QED) is 0.530. The third-order valence-electron chi connectivity index (χ3n) is 5.12. The summed E-state index contributed by atoms with van der Waals surface area (Å²) in [5, 5.41) is 11.4. The van der Waals surface area contributed by atoms with Crippen LogP contribution in [0, 0.1) is 11.3 Å². The van der Waals surface area contributed by atoms with Crippen molar-refractivity contribution < 1.29 is 22.8 Å². The third-order valence-corrected chi connectivity index (χ3v) is 5.49. The average Bonchev–Trinajstić information content (AvgIpc) is 2.97. The van der Waals surface area contributed by atoms with Gasteiger partial charge in [-0.3, -0.25) is 14.5 Å². The Labute approximate surface area is 202 Å². The van der Waals surface area contributed by atoms with Gasteiger partial charge in [0.1, 0.15) is 13.4 Å².